The van der Waals surface area contributed by atoms with Crippen molar-refractivity contribution in [2.45, 2.75) is 76.5 Å². The summed E-state index contributed by atoms with van der Waals surface area (Å²) in [6.45, 7) is 3.74. The number of guanidine groups is 1. The molecular weight excluding hydrogens is 536 g/mol. The molecule has 15 heteroatoms. The number of carbonyl (C=O) groups excluding carboxylic acids is 4. The molecule has 1 aromatic rings. The molecule has 41 heavy (non-hydrogen) atoms. The Morgan fingerprint density at radius 2 is 1.39 bits per heavy atom. The van der Waals surface area contributed by atoms with Gasteiger partial charge in [0.25, 0.3) is 0 Å². The maximum absolute atomic E-state index is 13.3. The largest absolute Gasteiger partial charge is 0.508 e. The lowest BCUT2D eigenvalue weighted by Gasteiger charge is -2.25. The van der Waals surface area contributed by atoms with Crippen LogP contribution in [-0.2, 0) is 30.4 Å². The van der Waals surface area contributed by atoms with Crippen molar-refractivity contribution in [1.82, 2.24) is 16.0 Å². The van der Waals surface area contributed by atoms with Gasteiger partial charge in [0.05, 0.1) is 6.04 Å². The van der Waals surface area contributed by atoms with Gasteiger partial charge in [-0.05, 0) is 55.7 Å². The minimum absolute atomic E-state index is 0.0366. The van der Waals surface area contributed by atoms with Gasteiger partial charge in [0.1, 0.15) is 23.9 Å². The molecular formula is C26H42N8O7. The first-order chi connectivity index (χ1) is 19.2. The summed E-state index contributed by atoms with van der Waals surface area (Å²) in [5.74, 6) is -4.33. The van der Waals surface area contributed by atoms with Gasteiger partial charge in [0.15, 0.2) is 5.96 Å². The molecule has 0 radical (unpaired) electrons. The van der Waals surface area contributed by atoms with Gasteiger partial charge in [-0.2, -0.15) is 0 Å². The number of aliphatic imine (C=N–C) groups is 1. The van der Waals surface area contributed by atoms with Crippen molar-refractivity contribution in [2.75, 3.05) is 6.54 Å². The van der Waals surface area contributed by atoms with Crippen molar-refractivity contribution in [2.24, 2.45) is 33.8 Å². The van der Waals surface area contributed by atoms with Gasteiger partial charge in [0.2, 0.25) is 23.6 Å². The van der Waals surface area contributed by atoms with Crippen molar-refractivity contribution in [3.05, 3.63) is 29.8 Å². The molecule has 1 aromatic carbocycles. The Bertz CT molecular complexity index is 1070. The smallest absolute Gasteiger partial charge is 0.326 e. The summed E-state index contributed by atoms with van der Waals surface area (Å²) < 4.78 is 0. The van der Waals surface area contributed by atoms with Crippen LogP contribution in [0, 0.1) is 5.92 Å². The Morgan fingerprint density at radius 3 is 1.90 bits per heavy atom. The second kappa shape index (κ2) is 17.3. The third kappa shape index (κ3) is 14.0. The fraction of sp³-hybridized carbons (Fsp3) is 0.538. The lowest BCUT2D eigenvalue weighted by Crippen LogP contribution is -2.57. The molecule has 0 bridgehead atoms. The zero-order valence-corrected chi connectivity index (χ0v) is 23.3. The molecule has 0 aliphatic rings. The Labute approximate surface area is 238 Å². The highest BCUT2D eigenvalue weighted by atomic mass is 16.4. The zero-order valence-electron chi connectivity index (χ0n) is 23.3. The van der Waals surface area contributed by atoms with E-state index in [0.717, 1.165) is 0 Å². The number of aromatic hydroxyl groups is 1. The average molecular weight is 579 g/mol. The van der Waals surface area contributed by atoms with Gasteiger partial charge in [-0.25, -0.2) is 4.79 Å². The molecule has 1 rings (SSSR count). The van der Waals surface area contributed by atoms with E-state index in [1.165, 1.54) is 12.1 Å². The average Bonchev–Trinajstić information content (AvgIpc) is 2.88. The number of hydrogen-bond acceptors (Lipinski definition) is 8. The lowest BCUT2D eigenvalue weighted by atomic mass is 10.0. The van der Waals surface area contributed by atoms with Crippen LogP contribution in [0.25, 0.3) is 0 Å². The fourth-order valence-electron chi connectivity index (χ4n) is 3.82. The summed E-state index contributed by atoms with van der Waals surface area (Å²) in [5, 5.41) is 26.4. The molecule has 0 aliphatic heterocycles. The Hall–Kier alpha value is -4.40. The number of nitrogens with one attached hydrogen (secondary N) is 3. The minimum Gasteiger partial charge on any atom is -0.508 e. The number of phenols is 1. The number of phenolic OH excluding ortho intramolecular Hbond substituents is 1. The molecule has 4 unspecified atom stereocenters. The van der Waals surface area contributed by atoms with Crippen LogP contribution in [0.3, 0.4) is 0 Å². The normalized spacial score (nSPS) is 13.8. The Kier molecular flexibility index (Phi) is 14.6. The maximum atomic E-state index is 13.3. The monoisotopic (exact) mass is 578 g/mol. The molecule has 228 valence electrons. The second-order valence-corrected chi connectivity index (χ2v) is 10.1. The van der Waals surface area contributed by atoms with Gasteiger partial charge in [-0.3, -0.25) is 24.2 Å². The third-order valence-corrected chi connectivity index (χ3v) is 5.94. The van der Waals surface area contributed by atoms with E-state index >= 15 is 0 Å². The number of amides is 4. The first-order valence-electron chi connectivity index (χ1n) is 13.2. The van der Waals surface area contributed by atoms with Crippen molar-refractivity contribution in [1.29, 1.82) is 0 Å². The molecule has 0 saturated carbocycles. The topological polar surface area (TPSA) is 278 Å². The van der Waals surface area contributed by atoms with Gasteiger partial charge < -0.3 is 49.1 Å². The van der Waals surface area contributed by atoms with Crippen molar-refractivity contribution >= 4 is 35.6 Å². The molecule has 15 nitrogen and oxygen atoms in total. The van der Waals surface area contributed by atoms with Gasteiger partial charge in [0, 0.05) is 13.0 Å². The second-order valence-electron chi connectivity index (χ2n) is 10.1. The van der Waals surface area contributed by atoms with E-state index in [-0.39, 0.29) is 62.7 Å². The molecule has 0 saturated heterocycles. The first-order valence-corrected chi connectivity index (χ1v) is 13.2. The number of carboxylic acid groups (broad SMARTS) is 1. The van der Waals surface area contributed by atoms with Crippen LogP contribution in [-0.4, -0.2) is 76.5 Å². The summed E-state index contributed by atoms with van der Waals surface area (Å²) in [4.78, 5) is 66.1. The van der Waals surface area contributed by atoms with Crippen molar-refractivity contribution in [3.8, 4) is 5.75 Å². The number of hydrogen-bond donors (Lipinski definition) is 9. The SMILES string of the molecule is CC(C)CC(NC(=O)C(CCCN=C(N)N)NC(=O)C(CCC(N)=O)NC(=O)C(N)Cc1ccc(O)cc1)C(=O)O. The number of rotatable bonds is 18. The van der Waals surface area contributed by atoms with E-state index in [1.54, 1.807) is 26.0 Å². The van der Waals surface area contributed by atoms with Crippen LogP contribution in [0.15, 0.2) is 29.3 Å². The molecule has 4 atom stereocenters. The van der Waals surface area contributed by atoms with E-state index in [4.69, 9.17) is 22.9 Å². The van der Waals surface area contributed by atoms with E-state index in [9.17, 15) is 34.2 Å². The summed E-state index contributed by atoms with van der Waals surface area (Å²) in [6, 6.07) is 1.32. The highest BCUT2D eigenvalue weighted by Gasteiger charge is 2.30. The maximum Gasteiger partial charge on any atom is 0.326 e. The number of benzene rings is 1. The first kappa shape index (κ1) is 34.6. The summed E-state index contributed by atoms with van der Waals surface area (Å²) in [7, 11) is 0. The fourth-order valence-corrected chi connectivity index (χ4v) is 3.82. The predicted octanol–water partition coefficient (Wildman–Crippen LogP) is -1.83. The van der Waals surface area contributed by atoms with Crippen LogP contribution in [0.2, 0.25) is 0 Å². The standard InChI is InChI=1S/C26H42N8O7/c1-14(2)12-20(25(40)41)34-23(38)18(4-3-11-31-26(29)30)33-24(39)19(9-10-21(28)36)32-22(37)17(27)13-15-5-7-16(35)8-6-15/h5-8,14,17-20,35H,3-4,9-13,27H2,1-2H3,(H2,28,36)(H,32,37)(H,33,39)(H,34,38)(H,40,41)(H4,29,30,31). The van der Waals surface area contributed by atoms with Gasteiger partial charge in [-0.1, -0.05) is 26.0 Å². The molecule has 0 heterocycles. The molecule has 0 fully saturated rings. The third-order valence-electron chi connectivity index (χ3n) is 5.94. The van der Waals surface area contributed by atoms with Crippen molar-refractivity contribution < 1.29 is 34.2 Å². The molecule has 0 spiro atoms. The van der Waals surface area contributed by atoms with Crippen molar-refractivity contribution in [3.63, 3.8) is 0 Å². The molecule has 0 aliphatic carbocycles. The highest BCUT2D eigenvalue weighted by Crippen LogP contribution is 2.12. The number of nitrogens with zero attached hydrogens (tertiary/aromatic N) is 1. The zero-order chi connectivity index (χ0) is 31.1. The van der Waals surface area contributed by atoms with Crippen LogP contribution < -0.4 is 38.9 Å². The van der Waals surface area contributed by atoms with Crippen LogP contribution in [0.4, 0.5) is 0 Å². The molecule has 4 amide bonds. The lowest BCUT2D eigenvalue weighted by molar-refractivity contribution is -0.142. The van der Waals surface area contributed by atoms with E-state index < -0.39 is 53.8 Å². The number of nitrogens with two attached hydrogens (primary N) is 4. The van der Waals surface area contributed by atoms with E-state index in [1.807, 2.05) is 0 Å². The van der Waals surface area contributed by atoms with Crippen LogP contribution in [0.5, 0.6) is 5.75 Å². The number of primary amides is 1. The minimum atomic E-state index is -1.28. The summed E-state index contributed by atoms with van der Waals surface area (Å²) >= 11 is 0. The summed E-state index contributed by atoms with van der Waals surface area (Å²) in [6.07, 6.45) is 0.131. The predicted molar refractivity (Wildman–Crippen MR) is 151 cm³/mol. The van der Waals surface area contributed by atoms with E-state index in [0.29, 0.717) is 5.56 Å². The summed E-state index contributed by atoms with van der Waals surface area (Å²) in [5.41, 5.74) is 22.6. The van der Waals surface area contributed by atoms with Gasteiger partial charge in [-0.15, -0.1) is 0 Å². The Balaban J connectivity index is 3.07. The number of carboxylic acids is 1. The van der Waals surface area contributed by atoms with E-state index in [2.05, 4.69) is 20.9 Å². The number of aliphatic carboxylic acids is 1. The van der Waals surface area contributed by atoms with Gasteiger partial charge >= 0.3 is 5.97 Å². The number of carbonyl (C=O) groups is 5. The van der Waals surface area contributed by atoms with Crippen LogP contribution in [0.1, 0.15) is 51.5 Å². The van der Waals surface area contributed by atoms with Crippen LogP contribution >= 0.6 is 0 Å². The molecule has 0 aromatic heterocycles. The Morgan fingerprint density at radius 1 is 0.854 bits per heavy atom. The highest BCUT2D eigenvalue weighted by molar-refractivity contribution is 5.94. The molecule has 13 N–H and O–H groups in total. The quantitative estimate of drug-likeness (QED) is 0.0533.